The molecule has 0 fully saturated rings. The molecule has 0 aliphatic rings. The highest BCUT2D eigenvalue weighted by molar-refractivity contribution is 5.94. The lowest BCUT2D eigenvalue weighted by molar-refractivity contribution is -0.147. The number of carboxylic acids is 2. The van der Waals surface area contributed by atoms with Gasteiger partial charge in [-0.1, -0.05) is 12.1 Å². The number of benzene rings is 1. The van der Waals surface area contributed by atoms with Crippen molar-refractivity contribution >= 4 is 29.7 Å². The van der Waals surface area contributed by atoms with E-state index >= 15 is 0 Å². The fraction of sp³-hybridized carbons (Fsp3) is 0.500. The molecular weight excluding hydrogens is 462 g/mol. The number of aliphatic carboxylic acids is 2. The average molecular weight is 496 g/mol. The quantitative estimate of drug-likeness (QED) is 0.130. The Balaban J connectivity index is 3.08. The molecule has 194 valence electrons. The third-order valence-corrected chi connectivity index (χ3v) is 5.00. The Morgan fingerprint density at radius 2 is 1.40 bits per heavy atom. The van der Waals surface area contributed by atoms with Gasteiger partial charge in [-0.2, -0.15) is 0 Å². The summed E-state index contributed by atoms with van der Waals surface area (Å²) in [6, 6.07) is 0.979. The molecular formula is C22H33N5O8. The summed E-state index contributed by atoms with van der Waals surface area (Å²) in [5.41, 5.74) is 11.7. The van der Waals surface area contributed by atoms with Crippen molar-refractivity contribution in [2.45, 2.75) is 63.2 Å². The summed E-state index contributed by atoms with van der Waals surface area (Å²) in [6.07, 6.45) is 0.203. The highest BCUT2D eigenvalue weighted by Gasteiger charge is 2.30. The molecule has 0 aliphatic heterocycles. The standard InChI is InChI=1S/C22H33N5O8/c1-12(24)19(31)26-16(10-13-5-7-14(28)8-6-13)21(33)25-15(4-2-3-9-23)20(32)27-17(22(34)35)11-18(29)30/h5-8,12,15-17,28H,2-4,9-11,23-24H2,1H3,(H,25,33)(H,26,31)(H,27,32)(H,29,30)(H,34,35). The number of hydrogen-bond acceptors (Lipinski definition) is 8. The Morgan fingerprint density at radius 1 is 0.857 bits per heavy atom. The lowest BCUT2D eigenvalue weighted by Gasteiger charge is -2.25. The molecule has 0 spiro atoms. The minimum absolute atomic E-state index is 0.0124. The van der Waals surface area contributed by atoms with E-state index in [0.717, 1.165) is 0 Å². The van der Waals surface area contributed by atoms with Gasteiger partial charge in [0, 0.05) is 6.42 Å². The molecule has 13 nitrogen and oxygen atoms in total. The van der Waals surface area contributed by atoms with Gasteiger partial charge >= 0.3 is 11.9 Å². The molecule has 4 unspecified atom stereocenters. The number of phenolic OH excluding ortho intramolecular Hbond substituents is 1. The first kappa shape index (κ1) is 29.3. The van der Waals surface area contributed by atoms with Crippen molar-refractivity contribution < 1.29 is 39.3 Å². The predicted octanol–water partition coefficient (Wildman–Crippen LogP) is -1.58. The molecule has 0 heterocycles. The SMILES string of the molecule is CC(N)C(=O)NC(Cc1ccc(O)cc1)C(=O)NC(CCCCN)C(=O)NC(CC(=O)O)C(=O)O. The second-order valence-corrected chi connectivity index (χ2v) is 8.06. The minimum atomic E-state index is -1.69. The maximum atomic E-state index is 13.1. The van der Waals surface area contributed by atoms with E-state index in [1.807, 2.05) is 0 Å². The third kappa shape index (κ3) is 10.8. The zero-order valence-electron chi connectivity index (χ0n) is 19.4. The number of phenols is 1. The van der Waals surface area contributed by atoms with E-state index in [1.165, 1.54) is 19.1 Å². The molecule has 35 heavy (non-hydrogen) atoms. The van der Waals surface area contributed by atoms with Crippen LogP contribution < -0.4 is 27.4 Å². The number of rotatable bonds is 15. The van der Waals surface area contributed by atoms with Crippen LogP contribution in [0.25, 0.3) is 0 Å². The highest BCUT2D eigenvalue weighted by atomic mass is 16.4. The van der Waals surface area contributed by atoms with Crippen molar-refractivity contribution in [1.82, 2.24) is 16.0 Å². The Kier molecular flexibility index (Phi) is 12.2. The highest BCUT2D eigenvalue weighted by Crippen LogP contribution is 2.12. The average Bonchev–Trinajstić information content (AvgIpc) is 2.78. The van der Waals surface area contributed by atoms with Gasteiger partial charge in [-0.15, -0.1) is 0 Å². The summed E-state index contributed by atoms with van der Waals surface area (Å²) in [4.78, 5) is 60.3. The fourth-order valence-electron chi connectivity index (χ4n) is 3.06. The van der Waals surface area contributed by atoms with Gasteiger partial charge in [-0.25, -0.2) is 4.79 Å². The molecule has 10 N–H and O–H groups in total. The molecule has 0 aromatic heterocycles. The predicted molar refractivity (Wildman–Crippen MR) is 124 cm³/mol. The third-order valence-electron chi connectivity index (χ3n) is 5.00. The van der Waals surface area contributed by atoms with Gasteiger partial charge in [0.1, 0.15) is 23.9 Å². The zero-order valence-corrected chi connectivity index (χ0v) is 19.4. The van der Waals surface area contributed by atoms with Crippen LogP contribution in [0.2, 0.25) is 0 Å². The molecule has 3 amide bonds. The molecule has 1 rings (SSSR count). The number of hydrogen-bond donors (Lipinski definition) is 8. The van der Waals surface area contributed by atoms with Gasteiger partial charge in [-0.3, -0.25) is 19.2 Å². The topological polar surface area (TPSA) is 234 Å². The number of aromatic hydroxyl groups is 1. The van der Waals surface area contributed by atoms with Crippen LogP contribution >= 0.6 is 0 Å². The first-order valence-electron chi connectivity index (χ1n) is 11.0. The number of unbranched alkanes of at least 4 members (excludes halogenated alkanes) is 1. The number of nitrogens with two attached hydrogens (primary N) is 2. The molecule has 0 bridgehead atoms. The first-order chi connectivity index (χ1) is 16.4. The van der Waals surface area contributed by atoms with E-state index in [-0.39, 0.29) is 18.6 Å². The molecule has 4 atom stereocenters. The zero-order chi connectivity index (χ0) is 26.5. The van der Waals surface area contributed by atoms with Crippen LogP contribution in [-0.2, 0) is 30.4 Å². The number of carboxylic acid groups (broad SMARTS) is 2. The monoisotopic (exact) mass is 495 g/mol. The van der Waals surface area contributed by atoms with Gasteiger partial charge in [0.25, 0.3) is 0 Å². The van der Waals surface area contributed by atoms with E-state index in [0.29, 0.717) is 24.9 Å². The van der Waals surface area contributed by atoms with Crippen LogP contribution in [0.1, 0.15) is 38.2 Å². The molecule has 1 aromatic carbocycles. The Labute approximate surface area is 202 Å². The Hall–Kier alpha value is -3.71. The largest absolute Gasteiger partial charge is 0.508 e. The summed E-state index contributed by atoms with van der Waals surface area (Å²) < 4.78 is 0. The van der Waals surface area contributed by atoms with Gasteiger partial charge in [0.05, 0.1) is 12.5 Å². The number of carbonyl (C=O) groups is 5. The van der Waals surface area contributed by atoms with Crippen LogP contribution in [0.5, 0.6) is 5.75 Å². The number of carbonyl (C=O) groups excluding carboxylic acids is 3. The second kappa shape index (κ2) is 14.5. The fourth-order valence-corrected chi connectivity index (χ4v) is 3.06. The number of amides is 3. The van der Waals surface area contributed by atoms with Crippen molar-refractivity contribution in [3.05, 3.63) is 29.8 Å². The van der Waals surface area contributed by atoms with Crippen molar-refractivity contribution in [3.63, 3.8) is 0 Å². The molecule has 0 aliphatic carbocycles. The van der Waals surface area contributed by atoms with Crippen LogP contribution in [0.3, 0.4) is 0 Å². The summed E-state index contributed by atoms with van der Waals surface area (Å²) in [6.45, 7) is 1.76. The van der Waals surface area contributed by atoms with Crippen LogP contribution in [0.4, 0.5) is 0 Å². The molecule has 0 saturated carbocycles. The second-order valence-electron chi connectivity index (χ2n) is 8.06. The van der Waals surface area contributed by atoms with Crippen LogP contribution in [-0.4, -0.2) is 75.7 Å². The summed E-state index contributed by atoms with van der Waals surface area (Å²) in [7, 11) is 0. The normalized spacial score (nSPS) is 14.1. The van der Waals surface area contributed by atoms with E-state index < -0.39 is 60.2 Å². The van der Waals surface area contributed by atoms with Crippen molar-refractivity contribution in [1.29, 1.82) is 0 Å². The van der Waals surface area contributed by atoms with Gasteiger partial charge in [0.2, 0.25) is 17.7 Å². The van der Waals surface area contributed by atoms with E-state index in [1.54, 1.807) is 12.1 Å². The number of nitrogens with one attached hydrogen (secondary N) is 3. The Morgan fingerprint density at radius 3 is 1.91 bits per heavy atom. The molecule has 0 saturated heterocycles. The van der Waals surface area contributed by atoms with Gasteiger partial charge in [0.15, 0.2) is 0 Å². The summed E-state index contributed by atoms with van der Waals surface area (Å²) in [5.74, 6) is -5.17. The molecule has 0 radical (unpaired) electrons. The maximum Gasteiger partial charge on any atom is 0.326 e. The van der Waals surface area contributed by atoms with E-state index in [4.69, 9.17) is 16.6 Å². The summed E-state index contributed by atoms with van der Waals surface area (Å²) >= 11 is 0. The van der Waals surface area contributed by atoms with Crippen molar-refractivity contribution in [2.75, 3.05) is 6.54 Å². The van der Waals surface area contributed by atoms with E-state index in [2.05, 4.69) is 16.0 Å². The first-order valence-corrected chi connectivity index (χ1v) is 11.0. The summed E-state index contributed by atoms with van der Waals surface area (Å²) in [5, 5.41) is 34.7. The van der Waals surface area contributed by atoms with Crippen LogP contribution in [0.15, 0.2) is 24.3 Å². The Bertz CT molecular complexity index is 890. The maximum absolute atomic E-state index is 13.1. The van der Waals surface area contributed by atoms with E-state index in [9.17, 15) is 34.2 Å². The minimum Gasteiger partial charge on any atom is -0.508 e. The van der Waals surface area contributed by atoms with Gasteiger partial charge in [-0.05, 0) is 50.4 Å². The smallest absolute Gasteiger partial charge is 0.326 e. The van der Waals surface area contributed by atoms with Crippen LogP contribution in [0, 0.1) is 0 Å². The van der Waals surface area contributed by atoms with Crippen molar-refractivity contribution in [2.24, 2.45) is 11.5 Å². The van der Waals surface area contributed by atoms with Crippen molar-refractivity contribution in [3.8, 4) is 5.75 Å². The lowest BCUT2D eigenvalue weighted by atomic mass is 10.0. The van der Waals surface area contributed by atoms with Gasteiger partial charge < -0.3 is 42.7 Å². The molecule has 1 aromatic rings. The molecule has 13 heteroatoms. The lowest BCUT2D eigenvalue weighted by Crippen LogP contribution is -2.57.